The van der Waals surface area contributed by atoms with Crippen molar-refractivity contribution in [2.75, 3.05) is 6.61 Å². The maximum atomic E-state index is 11.9. The normalized spacial score (nSPS) is 21.3. The second kappa shape index (κ2) is 7.70. The molecule has 0 radical (unpaired) electrons. The van der Waals surface area contributed by atoms with E-state index in [1.807, 2.05) is 17.5 Å². The lowest BCUT2D eigenvalue weighted by Gasteiger charge is -2.28. The predicted molar refractivity (Wildman–Crippen MR) is 88.9 cm³/mol. The van der Waals surface area contributed by atoms with Crippen molar-refractivity contribution >= 4 is 17.2 Å². The van der Waals surface area contributed by atoms with E-state index in [0.717, 1.165) is 11.3 Å². The van der Waals surface area contributed by atoms with Crippen molar-refractivity contribution in [1.82, 2.24) is 20.5 Å². The number of ether oxygens (including phenoxy) is 1. The van der Waals surface area contributed by atoms with Gasteiger partial charge in [0.25, 0.3) is 0 Å². The number of carbonyl (C=O) groups is 1. The minimum atomic E-state index is -0.114. The molecule has 1 fully saturated rings. The van der Waals surface area contributed by atoms with Crippen LogP contribution in [0.2, 0.25) is 0 Å². The molecule has 7 heteroatoms. The van der Waals surface area contributed by atoms with Crippen LogP contribution >= 0.6 is 11.3 Å². The lowest BCUT2D eigenvalue weighted by Crippen LogP contribution is -2.33. The van der Waals surface area contributed by atoms with E-state index in [4.69, 9.17) is 4.74 Å². The summed E-state index contributed by atoms with van der Waals surface area (Å²) in [5.74, 6) is 1.74. The Labute approximate surface area is 139 Å². The highest BCUT2D eigenvalue weighted by atomic mass is 32.1. The second-order valence-electron chi connectivity index (χ2n) is 5.97. The van der Waals surface area contributed by atoms with Crippen molar-refractivity contribution in [2.24, 2.45) is 5.92 Å². The molecule has 0 aromatic carbocycles. The van der Waals surface area contributed by atoms with E-state index in [2.05, 4.69) is 27.4 Å². The van der Waals surface area contributed by atoms with Gasteiger partial charge in [-0.2, -0.15) is 5.10 Å². The summed E-state index contributed by atoms with van der Waals surface area (Å²) in [6, 6.07) is 3.93. The smallest absolute Gasteiger partial charge is 0.246 e. The number of amides is 1. The number of aromatic nitrogens is 3. The molecule has 124 valence electrons. The van der Waals surface area contributed by atoms with Crippen molar-refractivity contribution in [3.05, 3.63) is 23.3 Å². The minimum absolute atomic E-state index is 0.112. The summed E-state index contributed by atoms with van der Waals surface area (Å²) in [6.07, 6.45) is 4.92. The van der Waals surface area contributed by atoms with Gasteiger partial charge in [0.15, 0.2) is 5.82 Å². The molecule has 1 saturated carbocycles. The van der Waals surface area contributed by atoms with Crippen LogP contribution in [0.1, 0.15) is 38.4 Å². The molecule has 2 heterocycles. The summed E-state index contributed by atoms with van der Waals surface area (Å²) in [5, 5.41) is 11.8. The van der Waals surface area contributed by atoms with Crippen LogP contribution < -0.4 is 5.32 Å². The molecule has 2 aromatic heterocycles. The number of aromatic amines is 1. The van der Waals surface area contributed by atoms with Gasteiger partial charge in [-0.15, -0.1) is 11.3 Å². The van der Waals surface area contributed by atoms with Crippen molar-refractivity contribution in [2.45, 2.75) is 45.3 Å². The van der Waals surface area contributed by atoms with Crippen LogP contribution in [0.5, 0.6) is 0 Å². The van der Waals surface area contributed by atoms with Crippen molar-refractivity contribution in [1.29, 1.82) is 0 Å². The zero-order valence-electron chi connectivity index (χ0n) is 13.2. The molecule has 0 aliphatic heterocycles. The Balaban J connectivity index is 1.42. The number of rotatable bonds is 6. The minimum Gasteiger partial charge on any atom is -0.368 e. The van der Waals surface area contributed by atoms with Gasteiger partial charge in [-0.05, 0) is 30.2 Å². The van der Waals surface area contributed by atoms with Crippen LogP contribution in [0.4, 0.5) is 0 Å². The fraction of sp³-hybridized carbons (Fsp3) is 0.562. The Morgan fingerprint density at radius 1 is 1.48 bits per heavy atom. The molecular formula is C16H22N4O2S. The Kier molecular flexibility index (Phi) is 5.40. The fourth-order valence-electron chi connectivity index (χ4n) is 2.84. The molecule has 0 saturated heterocycles. The summed E-state index contributed by atoms with van der Waals surface area (Å²) in [4.78, 5) is 17.3. The molecule has 2 aromatic rings. The quantitative estimate of drug-likeness (QED) is 0.851. The molecule has 1 aliphatic carbocycles. The lowest BCUT2D eigenvalue weighted by molar-refractivity contribution is -0.129. The molecule has 3 rings (SSSR count). The van der Waals surface area contributed by atoms with E-state index >= 15 is 0 Å². The Bertz CT molecular complexity index is 626. The van der Waals surface area contributed by atoms with Gasteiger partial charge in [0.2, 0.25) is 5.91 Å². The summed E-state index contributed by atoms with van der Waals surface area (Å²) in [7, 11) is 0. The van der Waals surface area contributed by atoms with Crippen molar-refractivity contribution in [3.8, 4) is 10.7 Å². The average molecular weight is 334 g/mol. The molecule has 2 unspecified atom stereocenters. The second-order valence-corrected chi connectivity index (χ2v) is 6.92. The molecule has 0 spiro atoms. The molecule has 1 aliphatic rings. The maximum absolute atomic E-state index is 11.9. The predicted octanol–water partition coefficient (Wildman–Crippen LogP) is 2.74. The van der Waals surface area contributed by atoms with Crippen molar-refractivity contribution in [3.63, 3.8) is 0 Å². The van der Waals surface area contributed by atoms with Crippen LogP contribution in [0.3, 0.4) is 0 Å². The van der Waals surface area contributed by atoms with Gasteiger partial charge >= 0.3 is 0 Å². The first kappa shape index (κ1) is 16.1. The molecule has 23 heavy (non-hydrogen) atoms. The van der Waals surface area contributed by atoms with E-state index in [1.54, 1.807) is 11.3 Å². The first-order valence-corrected chi connectivity index (χ1v) is 8.94. The molecular weight excluding hydrogens is 312 g/mol. The number of nitrogens with zero attached hydrogens (tertiary/aromatic N) is 2. The third kappa shape index (κ3) is 4.39. The van der Waals surface area contributed by atoms with Crippen LogP contribution in [-0.2, 0) is 16.1 Å². The third-order valence-corrected chi connectivity index (χ3v) is 5.05. The fourth-order valence-corrected chi connectivity index (χ4v) is 3.49. The Morgan fingerprint density at radius 2 is 2.35 bits per heavy atom. The number of carbonyl (C=O) groups excluding carboxylic acids is 1. The van der Waals surface area contributed by atoms with Gasteiger partial charge in [-0.25, -0.2) is 4.98 Å². The van der Waals surface area contributed by atoms with Gasteiger partial charge in [0.1, 0.15) is 12.4 Å². The summed E-state index contributed by atoms with van der Waals surface area (Å²) < 4.78 is 5.75. The molecule has 2 N–H and O–H groups in total. The van der Waals surface area contributed by atoms with Gasteiger partial charge in [0, 0.05) is 0 Å². The summed E-state index contributed by atoms with van der Waals surface area (Å²) >= 11 is 1.59. The number of nitrogens with one attached hydrogen (secondary N) is 2. The maximum Gasteiger partial charge on any atom is 0.246 e. The van der Waals surface area contributed by atoms with E-state index in [-0.39, 0.29) is 18.6 Å². The monoisotopic (exact) mass is 334 g/mol. The van der Waals surface area contributed by atoms with E-state index < -0.39 is 0 Å². The molecule has 1 amide bonds. The van der Waals surface area contributed by atoms with Crippen LogP contribution in [0.25, 0.3) is 10.7 Å². The zero-order chi connectivity index (χ0) is 16.1. The Hall–Kier alpha value is -1.73. The Morgan fingerprint density at radius 3 is 3.13 bits per heavy atom. The highest BCUT2D eigenvalue weighted by molar-refractivity contribution is 7.13. The van der Waals surface area contributed by atoms with Gasteiger partial charge < -0.3 is 10.1 Å². The average Bonchev–Trinajstić information content (AvgIpc) is 3.23. The van der Waals surface area contributed by atoms with Gasteiger partial charge in [-0.3, -0.25) is 9.89 Å². The van der Waals surface area contributed by atoms with E-state index in [1.165, 1.54) is 19.3 Å². The first-order valence-electron chi connectivity index (χ1n) is 8.06. The molecule has 0 bridgehead atoms. The van der Waals surface area contributed by atoms with Gasteiger partial charge in [0.05, 0.1) is 17.5 Å². The third-order valence-electron chi connectivity index (χ3n) is 4.19. The first-order chi connectivity index (χ1) is 11.2. The number of H-pyrrole nitrogens is 1. The van der Waals surface area contributed by atoms with Crippen LogP contribution in [-0.4, -0.2) is 33.8 Å². The number of hydrogen-bond acceptors (Lipinski definition) is 5. The highest BCUT2D eigenvalue weighted by Crippen LogP contribution is 2.26. The van der Waals surface area contributed by atoms with E-state index in [9.17, 15) is 4.79 Å². The summed E-state index contributed by atoms with van der Waals surface area (Å²) in [6.45, 7) is 2.64. The number of thiophene rings is 1. The molecule has 2 atom stereocenters. The van der Waals surface area contributed by atoms with Crippen molar-refractivity contribution < 1.29 is 9.53 Å². The summed E-state index contributed by atoms with van der Waals surface area (Å²) in [5.41, 5.74) is 0. The standard InChI is InChI=1S/C16H22N4O2S/c1-11-5-2-3-6-12(11)22-10-15(21)17-9-14-18-16(20-19-14)13-7-4-8-23-13/h4,7-8,11-12H,2-3,5-6,9-10H2,1H3,(H,17,21)(H,18,19,20). The highest BCUT2D eigenvalue weighted by Gasteiger charge is 2.22. The number of hydrogen-bond donors (Lipinski definition) is 2. The lowest BCUT2D eigenvalue weighted by atomic mass is 9.88. The van der Waals surface area contributed by atoms with Crippen LogP contribution in [0, 0.1) is 5.92 Å². The van der Waals surface area contributed by atoms with Gasteiger partial charge in [-0.1, -0.05) is 25.8 Å². The van der Waals surface area contributed by atoms with Crippen LogP contribution in [0.15, 0.2) is 17.5 Å². The van der Waals surface area contributed by atoms with E-state index in [0.29, 0.717) is 24.1 Å². The molecule has 6 nitrogen and oxygen atoms in total. The largest absolute Gasteiger partial charge is 0.368 e. The SMILES string of the molecule is CC1CCCCC1OCC(=O)NCc1nc(-c2cccs2)n[nH]1. The zero-order valence-corrected chi connectivity index (χ0v) is 14.1. The topological polar surface area (TPSA) is 79.9 Å².